The number of nitrogens with one attached hydrogen (secondary N) is 1. The van der Waals surface area contributed by atoms with E-state index in [9.17, 15) is 0 Å². The monoisotopic (exact) mass is 174 g/mol. The van der Waals surface area contributed by atoms with Crippen LogP contribution in [0, 0.1) is 0 Å². The lowest BCUT2D eigenvalue weighted by atomic mass is 9.94. The van der Waals surface area contributed by atoms with E-state index in [0.717, 1.165) is 12.1 Å². The zero-order valence-electron chi connectivity index (χ0n) is 7.53. The van der Waals surface area contributed by atoms with Crippen molar-refractivity contribution in [1.29, 1.82) is 0 Å². The predicted molar refractivity (Wildman–Crippen MR) is 55.6 cm³/mol. The quantitative estimate of drug-likeness (QED) is 0.639. The fourth-order valence-corrected chi connectivity index (χ4v) is 1.77. The lowest BCUT2D eigenvalue weighted by molar-refractivity contribution is 0.600. The highest BCUT2D eigenvalue weighted by Gasteiger charge is 2.20. The second kappa shape index (κ2) is 3.23. The van der Waals surface area contributed by atoms with Crippen LogP contribution in [0.4, 0.5) is 5.69 Å². The first kappa shape index (κ1) is 8.32. The van der Waals surface area contributed by atoms with Gasteiger partial charge < -0.3 is 11.1 Å². The summed E-state index contributed by atoms with van der Waals surface area (Å²) in [5.74, 6) is 0. The summed E-state index contributed by atoms with van der Waals surface area (Å²) in [6, 6.07) is 8.63. The van der Waals surface area contributed by atoms with Gasteiger partial charge >= 0.3 is 0 Å². The fourth-order valence-electron chi connectivity index (χ4n) is 1.77. The smallest absolute Gasteiger partial charge is 0.0460 e. The van der Waals surface area contributed by atoms with E-state index in [0.29, 0.717) is 6.04 Å². The first-order chi connectivity index (χ1) is 6.31. The normalized spacial score (nSPS) is 25.9. The molecule has 1 heterocycles. The Hall–Kier alpha value is -1.28. The molecule has 2 heteroatoms. The number of rotatable bonds is 1. The first-order valence-corrected chi connectivity index (χ1v) is 4.55. The lowest BCUT2D eigenvalue weighted by Gasteiger charge is -2.29. The maximum absolute atomic E-state index is 6.02. The number of para-hydroxylation sites is 1. The van der Waals surface area contributed by atoms with E-state index in [2.05, 4.69) is 24.0 Å². The van der Waals surface area contributed by atoms with Crippen LogP contribution in [0.3, 0.4) is 0 Å². The van der Waals surface area contributed by atoms with Gasteiger partial charge in [0.05, 0.1) is 0 Å². The van der Waals surface area contributed by atoms with Crippen molar-refractivity contribution < 1.29 is 0 Å². The van der Waals surface area contributed by atoms with Crippen molar-refractivity contribution in [2.45, 2.75) is 18.5 Å². The van der Waals surface area contributed by atoms with Crippen LogP contribution in [0.25, 0.3) is 0 Å². The van der Waals surface area contributed by atoms with Gasteiger partial charge in [-0.2, -0.15) is 0 Å². The van der Waals surface area contributed by atoms with E-state index in [4.69, 9.17) is 5.73 Å². The Balaban J connectivity index is 2.36. The molecule has 0 aromatic heterocycles. The third-order valence-corrected chi connectivity index (χ3v) is 2.49. The van der Waals surface area contributed by atoms with Crippen molar-refractivity contribution >= 4 is 5.69 Å². The molecule has 1 aliphatic heterocycles. The molecule has 13 heavy (non-hydrogen) atoms. The van der Waals surface area contributed by atoms with Crippen LogP contribution < -0.4 is 11.1 Å². The molecule has 1 aromatic rings. The first-order valence-electron chi connectivity index (χ1n) is 4.55. The van der Waals surface area contributed by atoms with Crippen molar-refractivity contribution in [2.75, 3.05) is 5.32 Å². The third kappa shape index (κ3) is 1.45. The third-order valence-electron chi connectivity index (χ3n) is 2.49. The van der Waals surface area contributed by atoms with Crippen LogP contribution in [0.2, 0.25) is 0 Å². The molecule has 0 bridgehead atoms. The van der Waals surface area contributed by atoms with E-state index < -0.39 is 0 Å². The number of fused-ring (bicyclic) bond motifs is 1. The van der Waals surface area contributed by atoms with E-state index in [1.165, 1.54) is 5.56 Å². The Kier molecular flexibility index (Phi) is 2.07. The highest BCUT2D eigenvalue weighted by molar-refractivity contribution is 5.56. The van der Waals surface area contributed by atoms with Gasteiger partial charge in [0.25, 0.3) is 0 Å². The molecule has 0 radical (unpaired) electrons. The summed E-state index contributed by atoms with van der Waals surface area (Å²) in [6.07, 6.45) is 2.84. The summed E-state index contributed by atoms with van der Waals surface area (Å²) in [4.78, 5) is 0. The Labute approximate surface area is 78.5 Å². The summed E-state index contributed by atoms with van der Waals surface area (Å²) in [5.41, 5.74) is 8.38. The predicted octanol–water partition coefficient (Wildman–Crippen LogP) is 2.06. The van der Waals surface area contributed by atoms with E-state index in [1.807, 2.05) is 18.2 Å². The van der Waals surface area contributed by atoms with Crippen LogP contribution in [0.15, 0.2) is 36.9 Å². The number of nitrogens with two attached hydrogens (primary N) is 1. The minimum atomic E-state index is 0.139. The maximum Gasteiger partial charge on any atom is 0.0460 e. The van der Waals surface area contributed by atoms with Crippen LogP contribution in [-0.4, -0.2) is 6.04 Å². The summed E-state index contributed by atoms with van der Waals surface area (Å²) in [6.45, 7) is 3.77. The molecular formula is C11H14N2. The topological polar surface area (TPSA) is 38.0 Å². The number of anilines is 1. The van der Waals surface area contributed by atoms with Crippen molar-refractivity contribution in [1.82, 2.24) is 0 Å². The zero-order valence-corrected chi connectivity index (χ0v) is 7.53. The Morgan fingerprint density at radius 1 is 1.46 bits per heavy atom. The molecule has 3 N–H and O–H groups in total. The second-order valence-electron chi connectivity index (χ2n) is 3.42. The van der Waals surface area contributed by atoms with Gasteiger partial charge in [-0.05, 0) is 18.1 Å². The molecular weight excluding hydrogens is 160 g/mol. The Morgan fingerprint density at radius 3 is 3.00 bits per heavy atom. The molecule has 0 saturated heterocycles. The van der Waals surface area contributed by atoms with Gasteiger partial charge in [-0.15, -0.1) is 6.58 Å². The minimum Gasteiger partial charge on any atom is -0.379 e. The molecule has 2 atom stereocenters. The lowest BCUT2D eigenvalue weighted by Crippen LogP contribution is -2.29. The minimum absolute atomic E-state index is 0.139. The molecule has 0 amide bonds. The van der Waals surface area contributed by atoms with Crippen LogP contribution >= 0.6 is 0 Å². The summed E-state index contributed by atoms with van der Waals surface area (Å²) in [7, 11) is 0. The standard InChI is InChI=1S/C11H14N2/c1-2-8-7-10(12)9-5-3-4-6-11(9)13-8/h2-6,8,10,13H,1,7,12H2/t8-,10+/m0/s1. The van der Waals surface area contributed by atoms with Gasteiger partial charge in [0, 0.05) is 17.8 Å². The van der Waals surface area contributed by atoms with Crippen LogP contribution in [0.5, 0.6) is 0 Å². The molecule has 0 spiro atoms. The van der Waals surface area contributed by atoms with Crippen molar-refractivity contribution in [2.24, 2.45) is 5.73 Å². The fraction of sp³-hybridized carbons (Fsp3) is 0.273. The van der Waals surface area contributed by atoms with E-state index in [-0.39, 0.29) is 6.04 Å². The SMILES string of the molecule is C=C[C@H]1C[C@@H](N)c2ccccc2N1. The molecule has 0 unspecified atom stereocenters. The van der Waals surface area contributed by atoms with Gasteiger partial charge in [-0.1, -0.05) is 24.3 Å². The number of hydrogen-bond donors (Lipinski definition) is 2. The molecule has 68 valence electrons. The summed E-state index contributed by atoms with van der Waals surface area (Å²) in [5, 5.41) is 3.38. The molecule has 1 aliphatic rings. The highest BCUT2D eigenvalue weighted by atomic mass is 14.9. The van der Waals surface area contributed by atoms with Gasteiger partial charge in [-0.25, -0.2) is 0 Å². The molecule has 0 fully saturated rings. The molecule has 1 aromatic carbocycles. The molecule has 2 rings (SSSR count). The zero-order chi connectivity index (χ0) is 9.26. The maximum atomic E-state index is 6.02. The van der Waals surface area contributed by atoms with Gasteiger partial charge in [0.15, 0.2) is 0 Å². The van der Waals surface area contributed by atoms with Crippen molar-refractivity contribution in [3.8, 4) is 0 Å². The number of hydrogen-bond acceptors (Lipinski definition) is 2. The largest absolute Gasteiger partial charge is 0.379 e. The van der Waals surface area contributed by atoms with Crippen LogP contribution in [-0.2, 0) is 0 Å². The molecule has 0 aliphatic carbocycles. The average molecular weight is 174 g/mol. The molecule has 2 nitrogen and oxygen atoms in total. The van der Waals surface area contributed by atoms with Gasteiger partial charge in [-0.3, -0.25) is 0 Å². The summed E-state index contributed by atoms with van der Waals surface area (Å²) >= 11 is 0. The average Bonchev–Trinajstić information content (AvgIpc) is 2.18. The highest BCUT2D eigenvalue weighted by Crippen LogP contribution is 2.30. The number of benzene rings is 1. The molecule has 0 saturated carbocycles. The van der Waals surface area contributed by atoms with Crippen LogP contribution in [0.1, 0.15) is 18.0 Å². The van der Waals surface area contributed by atoms with Crippen molar-refractivity contribution in [3.63, 3.8) is 0 Å². The summed E-state index contributed by atoms with van der Waals surface area (Å²) < 4.78 is 0. The van der Waals surface area contributed by atoms with Gasteiger partial charge in [0.1, 0.15) is 0 Å². The Bertz CT molecular complexity index is 320. The Morgan fingerprint density at radius 2 is 2.23 bits per heavy atom. The van der Waals surface area contributed by atoms with E-state index >= 15 is 0 Å². The van der Waals surface area contributed by atoms with E-state index in [1.54, 1.807) is 0 Å². The van der Waals surface area contributed by atoms with Crippen molar-refractivity contribution in [3.05, 3.63) is 42.5 Å². The van der Waals surface area contributed by atoms with Gasteiger partial charge in [0.2, 0.25) is 0 Å². The second-order valence-corrected chi connectivity index (χ2v) is 3.42.